The van der Waals surface area contributed by atoms with E-state index in [1.165, 1.54) is 57.9 Å². The van der Waals surface area contributed by atoms with Gasteiger partial charge in [-0.1, -0.05) is 114 Å². The smallest absolute Gasteiger partial charge is 0.282 e. The number of halogens is 1. The van der Waals surface area contributed by atoms with Crippen molar-refractivity contribution in [1.29, 1.82) is 0 Å². The van der Waals surface area contributed by atoms with E-state index in [0.29, 0.717) is 111 Å². The Kier molecular flexibility index (Phi) is 27.9. The molecule has 112 heavy (non-hydrogen) atoms. The highest BCUT2D eigenvalue weighted by atomic mass is 35.5. The van der Waals surface area contributed by atoms with Crippen LogP contribution in [0.15, 0.2) is 218 Å². The number of non-ortho nitro benzene ring substituents is 1. The molecule has 0 fully saturated rings. The molecule has 0 aliphatic heterocycles. The van der Waals surface area contributed by atoms with Gasteiger partial charge in [0.2, 0.25) is 0 Å². The molecule has 8 N–H and O–H groups in total. The fraction of sp³-hybridized carbons (Fsp3) is 0.160. The third-order valence-corrected chi connectivity index (χ3v) is 17.0. The van der Waals surface area contributed by atoms with Crippen LogP contribution in [0.3, 0.4) is 0 Å². The average molecular weight is 1530 g/mol. The van der Waals surface area contributed by atoms with Gasteiger partial charge in [-0.25, -0.2) is 0 Å². The summed E-state index contributed by atoms with van der Waals surface area (Å²) in [5, 5.41) is 62.2. The number of nitro benzene ring substituents is 2. The Labute approximate surface area is 647 Å². The van der Waals surface area contributed by atoms with Crippen molar-refractivity contribution >= 4 is 116 Å². The molecule has 0 unspecified atom stereocenters. The lowest BCUT2D eigenvalue weighted by Gasteiger charge is -2.10. The Balaban J connectivity index is 0.000000172. The van der Waals surface area contributed by atoms with Crippen LogP contribution < -0.4 is 42.5 Å². The molecule has 4 heterocycles. The molecule has 12 rings (SSSR count). The summed E-state index contributed by atoms with van der Waals surface area (Å²) in [5.41, 5.74) is 8.73. The maximum atomic E-state index is 12.9. The second-order valence-electron chi connectivity index (χ2n) is 24.5. The Bertz CT molecular complexity index is 5400. The first-order chi connectivity index (χ1) is 53.8. The fourth-order valence-corrected chi connectivity index (χ4v) is 11.3. The van der Waals surface area contributed by atoms with Crippen LogP contribution in [0, 0.1) is 54.8 Å². The van der Waals surface area contributed by atoms with Gasteiger partial charge in [0.1, 0.15) is 28.3 Å². The largest absolute Gasteiger partial charge is 0.321 e. The molecule has 0 saturated heterocycles. The Morgan fingerprint density at radius 2 is 0.598 bits per heavy atom. The van der Waals surface area contributed by atoms with Crippen molar-refractivity contribution < 1.29 is 48.2 Å². The molecule has 0 aliphatic carbocycles. The van der Waals surface area contributed by atoms with Crippen molar-refractivity contribution in [2.24, 2.45) is 0 Å². The molecule has 12 aromatic rings. The highest BCUT2D eigenvalue weighted by Crippen LogP contribution is 2.30. The summed E-state index contributed by atoms with van der Waals surface area (Å²) >= 11 is 5.87. The SMILES string of the molecule is CCn1nc(C)c(NC(=O)c2ccc(C)cc2)c1C(=O)Nc1ccccc1.CCn1nc(C)c(NC(=O)c2ccc([N+](=O)[O-])cc2)c1C(=O)Nc1ccc(Cl)cc1.CCn1nc(C)c(NC(=O)c2ccccc2)c1C(=O)Nc1ccccc1.CCn1nc(C)c(NC(=O)c2ccccc2[N+](=O)[O-])c1C(=O)Nc1ccccc1. The number of aryl methyl sites for hydroxylation is 9. The third-order valence-electron chi connectivity index (χ3n) is 16.8. The van der Waals surface area contributed by atoms with E-state index in [0.717, 1.165) is 5.56 Å². The predicted molar refractivity (Wildman–Crippen MR) is 429 cm³/mol. The zero-order valence-electron chi connectivity index (χ0n) is 62.4. The van der Waals surface area contributed by atoms with Gasteiger partial charge in [-0.2, -0.15) is 20.4 Å². The van der Waals surface area contributed by atoms with Gasteiger partial charge in [-0.05, 0) is 165 Å². The number of nitrogens with one attached hydrogen (secondary N) is 8. The highest BCUT2D eigenvalue weighted by Gasteiger charge is 2.30. The summed E-state index contributed by atoms with van der Waals surface area (Å²) in [7, 11) is 0. The molecular weight excluding hydrogens is 1450 g/mol. The minimum Gasteiger partial charge on any atom is -0.321 e. The summed E-state index contributed by atoms with van der Waals surface area (Å²) < 4.78 is 6.15. The number of carbonyl (C=O) groups is 8. The van der Waals surface area contributed by atoms with Gasteiger partial charge in [0.05, 0.1) is 55.4 Å². The molecule has 30 nitrogen and oxygen atoms in total. The van der Waals surface area contributed by atoms with Crippen molar-refractivity contribution in [3.8, 4) is 0 Å². The Morgan fingerprint density at radius 1 is 0.321 bits per heavy atom. The van der Waals surface area contributed by atoms with Crippen LogP contribution in [0.2, 0.25) is 5.02 Å². The number of amides is 8. The second kappa shape index (κ2) is 38.3. The van der Waals surface area contributed by atoms with Crippen molar-refractivity contribution in [2.45, 2.75) is 88.5 Å². The summed E-state index contributed by atoms with van der Waals surface area (Å²) in [4.78, 5) is 123. The van der Waals surface area contributed by atoms with Gasteiger partial charge in [0, 0.05) is 88.8 Å². The quantitative estimate of drug-likeness (QED) is 0.0231. The van der Waals surface area contributed by atoms with Crippen LogP contribution in [0.25, 0.3) is 0 Å². The minimum absolute atomic E-state index is 0.101. The molecule has 0 saturated carbocycles. The third kappa shape index (κ3) is 20.8. The number of hydrogen-bond donors (Lipinski definition) is 8. The van der Waals surface area contributed by atoms with Gasteiger partial charge in [-0.15, -0.1) is 0 Å². The molecule has 4 aromatic heterocycles. The van der Waals surface area contributed by atoms with Crippen LogP contribution in [0.4, 0.5) is 56.9 Å². The molecule has 0 atom stereocenters. The van der Waals surface area contributed by atoms with E-state index < -0.39 is 33.5 Å². The maximum Gasteiger partial charge on any atom is 0.282 e. The molecular formula is C81H79ClN18O12. The Hall–Kier alpha value is -14.6. The van der Waals surface area contributed by atoms with E-state index in [1.54, 1.807) is 134 Å². The van der Waals surface area contributed by atoms with Crippen molar-refractivity contribution in [2.75, 3.05) is 42.5 Å². The molecule has 8 aromatic carbocycles. The zero-order chi connectivity index (χ0) is 80.7. The fourth-order valence-electron chi connectivity index (χ4n) is 11.2. The number of carbonyl (C=O) groups excluding carboxylic acids is 8. The number of anilines is 8. The average Bonchev–Trinajstić information content (AvgIpc) is 1.65. The summed E-state index contributed by atoms with van der Waals surface area (Å²) in [6.45, 7) is 18.1. The van der Waals surface area contributed by atoms with Gasteiger partial charge in [0.25, 0.3) is 58.6 Å². The lowest BCUT2D eigenvalue weighted by atomic mass is 10.1. The molecule has 0 bridgehead atoms. The molecule has 0 aliphatic rings. The van der Waals surface area contributed by atoms with Crippen molar-refractivity contribution in [3.63, 3.8) is 0 Å². The number of nitrogens with zero attached hydrogens (tertiary/aromatic N) is 10. The monoisotopic (exact) mass is 1530 g/mol. The zero-order valence-corrected chi connectivity index (χ0v) is 63.1. The number of rotatable bonds is 22. The number of benzene rings is 8. The topological polar surface area (TPSA) is 390 Å². The standard InChI is InChI=1S/C21H22N4O2.C20H18ClN5O4.C20H19N5O4.C20H20N4O2/c1-4-25-19(21(27)22-17-8-6-5-7-9-17)18(15(3)24-25)23-20(26)16-12-10-14(2)11-13-16;1-3-25-18(20(28)22-15-8-6-14(21)7-9-15)17(12(2)24-25)23-19(27)13-4-10-16(11-5-13)26(29)30;1-3-24-18(20(27)21-14-9-5-4-6-10-14)17(13(2)23-24)22-19(26)15-11-7-8-12-16(15)25(28)29;1-3-24-18(20(26)21-16-12-8-5-9-13-16)17(14(2)23-24)22-19(25)15-10-6-4-7-11-15/h5-13H,4H2,1-3H3,(H,22,27)(H,23,26);4-11H,3H2,1-2H3,(H,22,28)(H,23,27);4-12H,3H2,1-2H3,(H,21,27)(H,22,26);4-13H,3H2,1-2H3,(H,21,26)(H,22,25). The van der Waals surface area contributed by atoms with E-state index in [2.05, 4.69) is 62.9 Å². The van der Waals surface area contributed by atoms with Crippen LogP contribution in [0.1, 0.15) is 139 Å². The molecule has 572 valence electrons. The minimum atomic E-state index is -0.690. The van der Waals surface area contributed by atoms with E-state index in [9.17, 15) is 58.6 Å². The Morgan fingerprint density at radius 3 is 0.911 bits per heavy atom. The van der Waals surface area contributed by atoms with E-state index in [-0.39, 0.29) is 68.9 Å². The van der Waals surface area contributed by atoms with Crippen LogP contribution in [0.5, 0.6) is 0 Å². The summed E-state index contributed by atoms with van der Waals surface area (Å²) in [6, 6.07) is 60.8. The van der Waals surface area contributed by atoms with E-state index >= 15 is 0 Å². The molecule has 8 amide bonds. The second-order valence-corrected chi connectivity index (χ2v) is 25.0. The summed E-state index contributed by atoms with van der Waals surface area (Å²) in [6.07, 6.45) is 0. The first kappa shape index (κ1) is 81.5. The van der Waals surface area contributed by atoms with Gasteiger partial charge in [0.15, 0.2) is 0 Å². The van der Waals surface area contributed by atoms with Gasteiger partial charge < -0.3 is 42.5 Å². The molecule has 0 spiro atoms. The number of aromatic nitrogens is 8. The van der Waals surface area contributed by atoms with Gasteiger partial charge in [-0.3, -0.25) is 77.3 Å². The maximum absolute atomic E-state index is 12.9. The summed E-state index contributed by atoms with van der Waals surface area (Å²) in [5.74, 6) is -3.28. The van der Waals surface area contributed by atoms with Crippen LogP contribution in [-0.4, -0.2) is 96.2 Å². The lowest BCUT2D eigenvalue weighted by Crippen LogP contribution is -2.21. The number of nitro groups is 2. The normalized spacial score (nSPS) is 10.4. The predicted octanol–water partition coefficient (Wildman–Crippen LogP) is 15.6. The van der Waals surface area contributed by atoms with Gasteiger partial charge >= 0.3 is 0 Å². The van der Waals surface area contributed by atoms with Crippen molar-refractivity contribution in [3.05, 3.63) is 317 Å². The van der Waals surface area contributed by atoms with Crippen LogP contribution in [-0.2, 0) is 26.2 Å². The first-order valence-electron chi connectivity index (χ1n) is 35.1. The number of hydrogen-bond acceptors (Lipinski definition) is 16. The number of para-hydroxylation sites is 4. The molecule has 0 radical (unpaired) electrons. The first-order valence-corrected chi connectivity index (χ1v) is 35.5. The molecule has 31 heteroatoms. The lowest BCUT2D eigenvalue weighted by molar-refractivity contribution is -0.385. The van der Waals surface area contributed by atoms with Crippen LogP contribution >= 0.6 is 11.6 Å². The van der Waals surface area contributed by atoms with E-state index in [4.69, 9.17) is 11.6 Å². The van der Waals surface area contributed by atoms with E-state index in [1.807, 2.05) is 107 Å². The van der Waals surface area contributed by atoms with Crippen molar-refractivity contribution in [1.82, 2.24) is 39.1 Å². The highest BCUT2D eigenvalue weighted by molar-refractivity contribution is 6.30.